The molecule has 0 spiro atoms. The summed E-state index contributed by atoms with van der Waals surface area (Å²) in [7, 11) is 0. The quantitative estimate of drug-likeness (QED) is 0.572. The van der Waals surface area contributed by atoms with Crippen molar-refractivity contribution in [2.45, 2.75) is 6.54 Å². The summed E-state index contributed by atoms with van der Waals surface area (Å²) in [6.45, 7) is 10.5. The number of nitrogens with zero attached hydrogens (tertiary/aromatic N) is 2. The SMILES string of the molecule is C=C.Nc1ccc(-c2ccc(CN3CCOCC3)nc2)c2ccccc12. The molecule has 0 atom stereocenters. The standard InChI is InChI=1S/C20H21N3O.C2H4/c21-20-8-7-17(18-3-1-2-4-19(18)20)15-5-6-16(22-13-15)14-23-9-11-24-12-10-23;1-2/h1-8,13H,9-12,14,21H2;1-2H2. The molecule has 1 aromatic heterocycles. The summed E-state index contributed by atoms with van der Waals surface area (Å²) in [5.41, 5.74) is 10.3. The number of aromatic nitrogens is 1. The average Bonchev–Trinajstić information content (AvgIpc) is 2.72. The van der Waals surface area contributed by atoms with Gasteiger partial charge >= 0.3 is 0 Å². The first-order chi connectivity index (χ1) is 12.8. The van der Waals surface area contributed by atoms with Gasteiger partial charge in [0, 0.05) is 42.5 Å². The van der Waals surface area contributed by atoms with Crippen LogP contribution in [0.2, 0.25) is 0 Å². The summed E-state index contributed by atoms with van der Waals surface area (Å²) in [6, 6.07) is 16.6. The van der Waals surface area contributed by atoms with Gasteiger partial charge in [0.05, 0.1) is 18.9 Å². The van der Waals surface area contributed by atoms with E-state index in [9.17, 15) is 0 Å². The second-order valence-electron chi connectivity index (χ2n) is 6.17. The molecule has 0 amide bonds. The highest BCUT2D eigenvalue weighted by atomic mass is 16.5. The van der Waals surface area contributed by atoms with Gasteiger partial charge in [0.15, 0.2) is 0 Å². The highest BCUT2D eigenvalue weighted by Crippen LogP contribution is 2.31. The Hall–Kier alpha value is -2.69. The lowest BCUT2D eigenvalue weighted by Gasteiger charge is -2.26. The van der Waals surface area contributed by atoms with Gasteiger partial charge in [-0.1, -0.05) is 36.4 Å². The Morgan fingerprint density at radius 1 is 0.962 bits per heavy atom. The summed E-state index contributed by atoms with van der Waals surface area (Å²) < 4.78 is 5.39. The van der Waals surface area contributed by atoms with Crippen LogP contribution in [0.4, 0.5) is 5.69 Å². The zero-order valence-corrected chi connectivity index (χ0v) is 15.0. The van der Waals surface area contributed by atoms with Crippen molar-refractivity contribution in [2.75, 3.05) is 32.0 Å². The number of rotatable bonds is 3. The first kappa shape index (κ1) is 18.1. The molecule has 0 aliphatic carbocycles. The topological polar surface area (TPSA) is 51.4 Å². The van der Waals surface area contributed by atoms with Crippen LogP contribution in [-0.4, -0.2) is 36.2 Å². The van der Waals surface area contributed by atoms with Crippen molar-refractivity contribution >= 4 is 16.5 Å². The third-order valence-electron chi connectivity index (χ3n) is 4.58. The summed E-state index contributed by atoms with van der Waals surface area (Å²) in [5, 5.41) is 2.26. The fourth-order valence-electron chi connectivity index (χ4n) is 3.24. The molecule has 0 bridgehead atoms. The van der Waals surface area contributed by atoms with Crippen molar-refractivity contribution in [1.29, 1.82) is 0 Å². The molecular weight excluding hydrogens is 322 g/mol. The number of nitrogen functional groups attached to an aromatic ring is 1. The molecule has 2 heterocycles. The predicted molar refractivity (Wildman–Crippen MR) is 109 cm³/mol. The first-order valence-electron chi connectivity index (χ1n) is 8.84. The Balaban J connectivity index is 0.000000948. The van der Waals surface area contributed by atoms with Crippen LogP contribution in [0, 0.1) is 0 Å². The number of fused-ring (bicyclic) bond motifs is 1. The van der Waals surface area contributed by atoms with Crippen molar-refractivity contribution in [3.8, 4) is 11.1 Å². The maximum atomic E-state index is 6.10. The van der Waals surface area contributed by atoms with Gasteiger partial charge in [-0.05, 0) is 23.1 Å². The number of hydrogen-bond acceptors (Lipinski definition) is 4. The molecule has 0 unspecified atom stereocenters. The van der Waals surface area contributed by atoms with Crippen LogP contribution in [0.1, 0.15) is 5.69 Å². The number of anilines is 1. The van der Waals surface area contributed by atoms with Gasteiger partial charge < -0.3 is 10.5 Å². The van der Waals surface area contributed by atoms with Crippen LogP contribution < -0.4 is 5.73 Å². The van der Waals surface area contributed by atoms with Gasteiger partial charge in [0.25, 0.3) is 0 Å². The minimum absolute atomic E-state index is 0.811. The van der Waals surface area contributed by atoms with Crippen molar-refractivity contribution in [3.63, 3.8) is 0 Å². The number of morpholine rings is 1. The fraction of sp³-hybridized carbons (Fsp3) is 0.227. The van der Waals surface area contributed by atoms with E-state index in [0.717, 1.165) is 55.2 Å². The predicted octanol–water partition coefficient (Wildman–Crippen LogP) is 4.12. The van der Waals surface area contributed by atoms with Crippen LogP contribution in [0.5, 0.6) is 0 Å². The van der Waals surface area contributed by atoms with Crippen molar-refractivity contribution < 1.29 is 4.74 Å². The highest BCUT2D eigenvalue weighted by Gasteiger charge is 2.12. The van der Waals surface area contributed by atoms with E-state index in [4.69, 9.17) is 10.5 Å². The molecule has 4 nitrogen and oxygen atoms in total. The van der Waals surface area contributed by atoms with Crippen molar-refractivity contribution in [2.24, 2.45) is 0 Å². The largest absolute Gasteiger partial charge is 0.398 e. The van der Waals surface area contributed by atoms with E-state index in [2.05, 4.69) is 53.4 Å². The Morgan fingerprint density at radius 2 is 1.69 bits per heavy atom. The second-order valence-corrected chi connectivity index (χ2v) is 6.17. The molecule has 3 aromatic rings. The maximum absolute atomic E-state index is 6.10. The van der Waals surface area contributed by atoms with Gasteiger partial charge in [-0.25, -0.2) is 0 Å². The molecule has 1 aliphatic heterocycles. The molecule has 1 saturated heterocycles. The van der Waals surface area contributed by atoms with E-state index >= 15 is 0 Å². The molecule has 1 fully saturated rings. The van der Waals surface area contributed by atoms with Crippen molar-refractivity contribution in [3.05, 3.63) is 73.6 Å². The molecule has 4 heteroatoms. The van der Waals surface area contributed by atoms with Gasteiger partial charge in [-0.3, -0.25) is 9.88 Å². The Labute approximate surface area is 154 Å². The minimum atomic E-state index is 0.811. The Morgan fingerprint density at radius 3 is 2.38 bits per heavy atom. The molecule has 26 heavy (non-hydrogen) atoms. The lowest BCUT2D eigenvalue weighted by molar-refractivity contribution is 0.0336. The maximum Gasteiger partial charge on any atom is 0.0594 e. The van der Waals surface area contributed by atoms with Crippen LogP contribution in [0.15, 0.2) is 67.9 Å². The van der Waals surface area contributed by atoms with E-state index in [1.165, 1.54) is 10.9 Å². The van der Waals surface area contributed by atoms with E-state index in [-0.39, 0.29) is 0 Å². The number of pyridine rings is 1. The minimum Gasteiger partial charge on any atom is -0.398 e. The molecule has 0 radical (unpaired) electrons. The summed E-state index contributed by atoms with van der Waals surface area (Å²) in [4.78, 5) is 7.04. The van der Waals surface area contributed by atoms with Crippen LogP contribution in [-0.2, 0) is 11.3 Å². The fourth-order valence-corrected chi connectivity index (χ4v) is 3.24. The number of ether oxygens (including phenoxy) is 1. The summed E-state index contributed by atoms with van der Waals surface area (Å²) >= 11 is 0. The van der Waals surface area contributed by atoms with Gasteiger partial charge in [-0.2, -0.15) is 0 Å². The molecule has 1 aliphatic rings. The van der Waals surface area contributed by atoms with Gasteiger partial charge in [-0.15, -0.1) is 13.2 Å². The van der Waals surface area contributed by atoms with E-state index in [1.54, 1.807) is 0 Å². The lowest BCUT2D eigenvalue weighted by atomic mass is 9.98. The van der Waals surface area contributed by atoms with Gasteiger partial charge in [0.1, 0.15) is 0 Å². The summed E-state index contributed by atoms with van der Waals surface area (Å²) in [5.74, 6) is 0. The average molecular weight is 347 g/mol. The molecule has 134 valence electrons. The van der Waals surface area contributed by atoms with Gasteiger partial charge in [0.2, 0.25) is 0 Å². The van der Waals surface area contributed by atoms with E-state index < -0.39 is 0 Å². The first-order valence-corrected chi connectivity index (χ1v) is 8.84. The van der Waals surface area contributed by atoms with Crippen LogP contribution in [0.3, 0.4) is 0 Å². The number of nitrogens with two attached hydrogens (primary N) is 1. The lowest BCUT2D eigenvalue weighted by Crippen LogP contribution is -2.35. The molecule has 0 saturated carbocycles. The van der Waals surface area contributed by atoms with E-state index in [0.29, 0.717) is 0 Å². The second kappa shape index (κ2) is 8.61. The molecule has 4 rings (SSSR count). The molecular formula is C22H25N3O. The summed E-state index contributed by atoms with van der Waals surface area (Å²) in [6.07, 6.45) is 1.97. The number of hydrogen-bond donors (Lipinski definition) is 1. The molecule has 2 N–H and O–H groups in total. The normalized spacial score (nSPS) is 14.6. The third-order valence-corrected chi connectivity index (χ3v) is 4.58. The zero-order valence-electron chi connectivity index (χ0n) is 15.0. The number of benzene rings is 2. The van der Waals surface area contributed by atoms with Crippen LogP contribution in [0.25, 0.3) is 21.9 Å². The Kier molecular flexibility index (Phi) is 6.00. The highest BCUT2D eigenvalue weighted by molar-refractivity contribution is 6.02. The Bertz CT molecular complexity index is 855. The van der Waals surface area contributed by atoms with Crippen LogP contribution >= 0.6 is 0 Å². The zero-order chi connectivity index (χ0) is 18.4. The molecule has 2 aromatic carbocycles. The monoisotopic (exact) mass is 347 g/mol. The third kappa shape index (κ3) is 3.93. The van der Waals surface area contributed by atoms with Crippen molar-refractivity contribution in [1.82, 2.24) is 9.88 Å². The van der Waals surface area contributed by atoms with E-state index in [1.807, 2.05) is 24.4 Å². The smallest absolute Gasteiger partial charge is 0.0594 e.